The van der Waals surface area contributed by atoms with Gasteiger partial charge in [-0.05, 0) is 12.1 Å². The molecule has 8 heteroatoms. The summed E-state index contributed by atoms with van der Waals surface area (Å²) in [5.74, 6) is 2.65. The smallest absolute Gasteiger partial charge is 0.269 e. The number of non-ortho nitro benzene ring substituents is 1. The van der Waals surface area contributed by atoms with Gasteiger partial charge in [0.1, 0.15) is 5.75 Å². The molecule has 0 saturated heterocycles. The van der Waals surface area contributed by atoms with Crippen LogP contribution in [0.15, 0.2) is 24.3 Å². The number of phenolic OH excluding ortho intramolecular Hbond substituents is 1. The molecule has 0 radical (unpaired) electrons. The number of rotatable bonds is 3. The van der Waals surface area contributed by atoms with Gasteiger partial charge in [-0.3, -0.25) is 10.1 Å². The number of phenols is 1. The van der Waals surface area contributed by atoms with E-state index in [0.717, 1.165) is 0 Å². The summed E-state index contributed by atoms with van der Waals surface area (Å²) in [6.45, 7) is 0.644. The number of aliphatic hydroxyl groups is 1. The van der Waals surface area contributed by atoms with E-state index in [4.69, 9.17) is 10.2 Å². The van der Waals surface area contributed by atoms with Crippen molar-refractivity contribution in [3.63, 3.8) is 0 Å². The molecular weight excluding hydrogens is 271 g/mol. The van der Waals surface area contributed by atoms with Gasteiger partial charge in [0.2, 0.25) is 0 Å². The monoisotopic (exact) mass is 287 g/mol. The van der Waals surface area contributed by atoms with E-state index in [1.165, 1.54) is 24.3 Å². The third-order valence-electron chi connectivity index (χ3n) is 2.03. The Morgan fingerprint density at radius 1 is 1.37 bits per heavy atom. The Morgan fingerprint density at radius 3 is 2.26 bits per heavy atom. The molecule has 0 aliphatic rings. The van der Waals surface area contributed by atoms with Crippen molar-refractivity contribution in [2.24, 2.45) is 0 Å². The van der Waals surface area contributed by atoms with Crippen LogP contribution in [0, 0.1) is 15.9 Å². The van der Waals surface area contributed by atoms with Gasteiger partial charge in [0.25, 0.3) is 5.69 Å². The zero-order chi connectivity index (χ0) is 14.9. The Bertz CT molecular complexity index is 509. The molecule has 7 nitrogen and oxygen atoms in total. The fourth-order valence-corrected chi connectivity index (χ4v) is 1.31. The van der Waals surface area contributed by atoms with Crippen LogP contribution in [-0.2, 0) is 4.57 Å². The zero-order valence-corrected chi connectivity index (χ0v) is 11.6. The average molecular weight is 287 g/mol. The molecule has 0 amide bonds. The number of quaternary nitrogens is 1. The molecule has 1 aromatic carbocycles. The van der Waals surface area contributed by atoms with Crippen molar-refractivity contribution in [3.8, 4) is 11.5 Å². The number of hydrogen-bond donors (Lipinski definition) is 2. The molecule has 0 heterocycles. The van der Waals surface area contributed by atoms with Gasteiger partial charge < -0.3 is 5.11 Å². The van der Waals surface area contributed by atoms with Crippen LogP contribution >= 0.6 is 7.92 Å². The van der Waals surface area contributed by atoms with Crippen molar-refractivity contribution in [1.82, 2.24) is 0 Å². The zero-order valence-electron chi connectivity index (χ0n) is 10.7. The van der Waals surface area contributed by atoms with Crippen molar-refractivity contribution >= 4 is 13.6 Å². The minimum Gasteiger partial charge on any atom is -0.508 e. The van der Waals surface area contributed by atoms with E-state index in [2.05, 4.69) is 5.75 Å². The van der Waals surface area contributed by atoms with E-state index in [-0.39, 0.29) is 26.0 Å². The van der Waals surface area contributed by atoms with E-state index in [0.29, 0.717) is 11.0 Å². The minimum atomic E-state index is -0.514. The summed E-state index contributed by atoms with van der Waals surface area (Å²) >= 11 is 0. The number of nitro groups is 1. The Morgan fingerprint density at radius 2 is 1.89 bits per heavy atom. The first-order valence-electron chi connectivity index (χ1n) is 5.29. The molecule has 0 spiro atoms. The molecule has 0 saturated carbocycles. The predicted octanol–water partition coefficient (Wildman–Crippen LogP) is 1.56. The van der Waals surface area contributed by atoms with Crippen LogP contribution in [0.4, 0.5) is 5.69 Å². The molecule has 104 valence electrons. The Balaban J connectivity index is 0.000000344. The van der Waals surface area contributed by atoms with E-state index in [9.17, 15) is 14.7 Å². The van der Waals surface area contributed by atoms with Crippen molar-refractivity contribution in [2.75, 3.05) is 27.2 Å². The van der Waals surface area contributed by atoms with E-state index in [1.807, 2.05) is 14.1 Å². The van der Waals surface area contributed by atoms with Crippen molar-refractivity contribution in [1.29, 1.82) is 0 Å². The van der Waals surface area contributed by atoms with Crippen molar-refractivity contribution in [3.05, 3.63) is 34.4 Å². The first-order chi connectivity index (χ1) is 8.82. The first kappa shape index (κ1) is 17.4. The molecule has 0 aliphatic heterocycles. The van der Waals surface area contributed by atoms with Crippen molar-refractivity contribution < 1.29 is 24.2 Å². The van der Waals surface area contributed by atoms with Gasteiger partial charge in [0.05, 0.1) is 4.92 Å². The van der Waals surface area contributed by atoms with Gasteiger partial charge in [0.15, 0.2) is 0 Å². The van der Waals surface area contributed by atoms with Gasteiger partial charge in [-0.2, -0.15) is 0 Å². The van der Waals surface area contributed by atoms with Crippen LogP contribution in [-0.4, -0.2) is 46.9 Å². The SMILES string of the molecule is C[N+](C)(C#P=O)CCO.O=[N+]([O-])c1ccc(O)cc1. The molecule has 0 fully saturated rings. The number of aromatic hydroxyl groups is 1. The largest absolute Gasteiger partial charge is 0.508 e. The first-order valence-corrected chi connectivity index (χ1v) is 6.10. The summed E-state index contributed by atoms with van der Waals surface area (Å²) in [7, 11) is 3.54. The number of likely N-dealkylation sites (N-methyl/N-ethyl adjacent to an activating group) is 1. The third kappa shape index (κ3) is 8.13. The number of hydrogen-bond acceptors (Lipinski definition) is 5. The molecule has 0 aliphatic carbocycles. The van der Waals surface area contributed by atoms with Crippen LogP contribution in [0.25, 0.3) is 0 Å². The normalized spacial score (nSPS) is 9.84. The summed E-state index contributed by atoms with van der Waals surface area (Å²) in [5, 5.41) is 27.2. The Hall–Kier alpha value is -1.65. The van der Waals surface area contributed by atoms with Gasteiger partial charge in [-0.15, -0.1) is 0 Å². The van der Waals surface area contributed by atoms with Gasteiger partial charge >= 0.3 is 55.1 Å². The molecule has 0 bridgehead atoms. The molecular formula is C11H16N2O5P+. The van der Waals surface area contributed by atoms with Gasteiger partial charge in [-0.25, -0.2) is 0 Å². The fourth-order valence-electron chi connectivity index (χ4n) is 0.985. The van der Waals surface area contributed by atoms with Crippen molar-refractivity contribution in [2.45, 2.75) is 0 Å². The Kier molecular flexibility index (Phi) is 7.72. The summed E-state index contributed by atoms with van der Waals surface area (Å²) < 4.78 is 10.3. The van der Waals surface area contributed by atoms with Crippen LogP contribution in [0.2, 0.25) is 0 Å². The second-order valence-electron chi connectivity index (χ2n) is 4.10. The average Bonchev–Trinajstić information content (AvgIpc) is 2.30. The molecule has 2 N–H and O–H groups in total. The predicted molar refractivity (Wildman–Crippen MR) is 70.3 cm³/mol. The summed E-state index contributed by atoms with van der Waals surface area (Å²) in [5.41, 5.74) is -0.0159. The summed E-state index contributed by atoms with van der Waals surface area (Å²) in [4.78, 5) is 9.52. The van der Waals surface area contributed by atoms with E-state index in [1.54, 1.807) is 0 Å². The van der Waals surface area contributed by atoms with Gasteiger partial charge in [0, 0.05) is 12.1 Å². The van der Waals surface area contributed by atoms with E-state index >= 15 is 0 Å². The fraction of sp³-hybridized carbons (Fsp3) is 0.364. The van der Waals surface area contributed by atoms with Crippen LogP contribution in [0.5, 0.6) is 5.75 Å². The maximum atomic E-state index is 10.0. The van der Waals surface area contributed by atoms with Crippen LogP contribution < -0.4 is 0 Å². The maximum Gasteiger partial charge on any atom is 0.269 e. The second-order valence-corrected chi connectivity index (χ2v) is 4.48. The molecule has 0 atom stereocenters. The van der Waals surface area contributed by atoms with E-state index < -0.39 is 4.92 Å². The molecule has 0 unspecified atom stereocenters. The summed E-state index contributed by atoms with van der Waals surface area (Å²) in [6.07, 6.45) is 0. The maximum absolute atomic E-state index is 10.0. The standard InChI is InChI=1S/C6H5NO3.C5H11NO2P/c8-6-3-1-5(2-4-6)7(9)10;1-6(2,3-4-7)5-9-8/h1-4,8H;7H,3-4H2,1-2H3/q;+1. The van der Waals surface area contributed by atoms with Gasteiger partial charge in [-0.1, -0.05) is 0 Å². The van der Waals surface area contributed by atoms with Crippen LogP contribution in [0.1, 0.15) is 0 Å². The minimum absolute atomic E-state index is 0.0159. The molecule has 1 rings (SSSR count). The number of benzene rings is 1. The number of nitro benzene ring substituents is 1. The third-order valence-corrected chi connectivity index (χ3v) is 2.65. The quantitative estimate of drug-likeness (QED) is 0.380. The molecule has 19 heavy (non-hydrogen) atoms. The van der Waals surface area contributed by atoms with Crippen LogP contribution in [0.3, 0.4) is 0 Å². The number of aliphatic hydroxyl groups excluding tert-OH is 1. The summed E-state index contributed by atoms with van der Waals surface area (Å²) in [6, 6.07) is 5.04. The topological polar surface area (TPSA) is 101 Å². The molecule has 0 aromatic heterocycles. The Labute approximate surface area is 112 Å². The second kappa shape index (κ2) is 8.45. The molecule has 1 aromatic rings. The number of nitrogens with zero attached hydrogens (tertiary/aromatic N) is 2.